The molecule has 2 heterocycles. The molecule has 2 fully saturated rings. The van der Waals surface area contributed by atoms with E-state index < -0.39 is 5.60 Å². The number of hydrogen-bond donors (Lipinski definition) is 0. The first-order chi connectivity index (χ1) is 12.8. The van der Waals surface area contributed by atoms with Gasteiger partial charge in [-0.15, -0.1) is 0 Å². The summed E-state index contributed by atoms with van der Waals surface area (Å²) < 4.78 is 5.60. The van der Waals surface area contributed by atoms with Crippen LogP contribution in [0.2, 0.25) is 0 Å². The Morgan fingerprint density at radius 1 is 1.11 bits per heavy atom. The van der Waals surface area contributed by atoms with Crippen molar-refractivity contribution in [2.24, 2.45) is 0 Å². The van der Waals surface area contributed by atoms with Crippen LogP contribution in [0.4, 0.5) is 10.5 Å². The first-order valence-electron chi connectivity index (χ1n) is 10.0. The molecule has 3 rings (SSSR count). The maximum atomic E-state index is 12.6. The van der Waals surface area contributed by atoms with E-state index in [1.807, 2.05) is 25.7 Å². The van der Waals surface area contributed by atoms with Crippen molar-refractivity contribution < 1.29 is 9.53 Å². The van der Waals surface area contributed by atoms with E-state index in [1.54, 1.807) is 0 Å². The van der Waals surface area contributed by atoms with Crippen molar-refractivity contribution in [2.45, 2.75) is 52.2 Å². The third-order valence-corrected chi connectivity index (χ3v) is 5.41. The Morgan fingerprint density at radius 3 is 2.41 bits per heavy atom. The van der Waals surface area contributed by atoms with Gasteiger partial charge in [0, 0.05) is 44.1 Å². The zero-order chi connectivity index (χ0) is 19.6. The number of amides is 1. The lowest BCUT2D eigenvalue weighted by Crippen LogP contribution is -2.50. The topological polar surface area (TPSA) is 36.0 Å². The molecule has 0 aliphatic carbocycles. The molecule has 1 aromatic carbocycles. The van der Waals surface area contributed by atoms with Crippen LogP contribution in [0, 0.1) is 6.92 Å². The summed E-state index contributed by atoms with van der Waals surface area (Å²) in [4.78, 5) is 19.2. The summed E-state index contributed by atoms with van der Waals surface area (Å²) in [5.41, 5.74) is 3.23. The number of anilines is 1. The average molecular weight is 372 g/mol. The molecule has 0 radical (unpaired) electrons. The zero-order valence-electron chi connectivity index (χ0n) is 17.2. The second-order valence-corrected chi connectivity index (χ2v) is 8.58. The van der Waals surface area contributed by atoms with Crippen LogP contribution in [0.1, 0.15) is 39.2 Å². The van der Waals surface area contributed by atoms with E-state index in [4.69, 9.17) is 4.74 Å². The highest BCUT2D eigenvalue weighted by Crippen LogP contribution is 2.29. The van der Waals surface area contributed by atoms with Crippen LogP contribution in [0.3, 0.4) is 0 Å². The smallest absolute Gasteiger partial charge is 0.410 e. The van der Waals surface area contributed by atoms with Gasteiger partial charge in [-0.2, -0.15) is 0 Å². The second-order valence-electron chi connectivity index (χ2n) is 8.58. The number of hydrogen-bond acceptors (Lipinski definition) is 4. The fourth-order valence-corrected chi connectivity index (χ4v) is 4.02. The van der Waals surface area contributed by atoms with E-state index in [2.05, 4.69) is 47.6 Å². The van der Waals surface area contributed by atoms with E-state index in [9.17, 15) is 4.79 Å². The minimum absolute atomic E-state index is 0.0601. The van der Waals surface area contributed by atoms with Gasteiger partial charge in [-0.3, -0.25) is 4.90 Å². The lowest BCUT2D eigenvalue weighted by atomic mass is 10.1. The molecule has 5 heteroatoms. The first kappa shape index (κ1) is 19.6. The molecule has 1 atom stereocenters. The van der Waals surface area contributed by atoms with Crippen LogP contribution in [-0.2, 0) is 4.74 Å². The minimum Gasteiger partial charge on any atom is -0.444 e. The van der Waals surface area contributed by atoms with Crippen molar-refractivity contribution in [1.82, 2.24) is 9.80 Å². The van der Waals surface area contributed by atoms with E-state index >= 15 is 0 Å². The lowest BCUT2D eigenvalue weighted by molar-refractivity contribution is 0.0231. The highest BCUT2D eigenvalue weighted by molar-refractivity contribution is 5.69. The monoisotopic (exact) mass is 371 g/mol. The summed E-state index contributed by atoms with van der Waals surface area (Å²) in [6.45, 7) is 16.8. The largest absolute Gasteiger partial charge is 0.444 e. The van der Waals surface area contributed by atoms with Gasteiger partial charge >= 0.3 is 6.09 Å². The van der Waals surface area contributed by atoms with Gasteiger partial charge in [-0.25, -0.2) is 4.79 Å². The molecular formula is C22H33N3O2. The van der Waals surface area contributed by atoms with Crippen molar-refractivity contribution in [2.75, 3.05) is 37.6 Å². The zero-order valence-corrected chi connectivity index (χ0v) is 17.2. The molecule has 0 unspecified atom stereocenters. The Kier molecular flexibility index (Phi) is 5.68. The third kappa shape index (κ3) is 4.57. The molecule has 1 amide bonds. The van der Waals surface area contributed by atoms with Crippen LogP contribution in [0.25, 0.3) is 0 Å². The van der Waals surface area contributed by atoms with E-state index in [1.165, 1.54) is 11.3 Å². The normalized spacial score (nSPS) is 20.7. The van der Waals surface area contributed by atoms with Crippen LogP contribution in [-0.4, -0.2) is 60.3 Å². The maximum absolute atomic E-state index is 12.6. The summed E-state index contributed by atoms with van der Waals surface area (Å²) in [6.07, 6.45) is 1.76. The van der Waals surface area contributed by atoms with Crippen molar-refractivity contribution >= 4 is 11.8 Å². The molecule has 0 aromatic heterocycles. The van der Waals surface area contributed by atoms with Crippen molar-refractivity contribution in [1.29, 1.82) is 0 Å². The molecule has 0 N–H and O–H groups in total. The highest BCUT2D eigenvalue weighted by atomic mass is 16.6. The quantitative estimate of drug-likeness (QED) is 0.804. The predicted molar refractivity (Wildman–Crippen MR) is 110 cm³/mol. The van der Waals surface area contributed by atoms with E-state index in [0.29, 0.717) is 0 Å². The summed E-state index contributed by atoms with van der Waals surface area (Å²) in [5, 5.41) is 0. The number of benzene rings is 1. The molecule has 0 bridgehead atoms. The number of likely N-dealkylation sites (tertiary alicyclic amines) is 1. The van der Waals surface area contributed by atoms with Gasteiger partial charge in [-0.1, -0.05) is 24.8 Å². The number of carbonyl (C=O) groups is 1. The van der Waals surface area contributed by atoms with Gasteiger partial charge in [0.25, 0.3) is 0 Å². The summed E-state index contributed by atoms with van der Waals surface area (Å²) in [7, 11) is 0. The number of nitrogens with zero attached hydrogens (tertiary/aromatic N) is 3. The van der Waals surface area contributed by atoms with Gasteiger partial charge < -0.3 is 14.5 Å². The summed E-state index contributed by atoms with van der Waals surface area (Å²) in [5.74, 6) is 0. The molecule has 27 heavy (non-hydrogen) atoms. The molecule has 5 nitrogen and oxygen atoms in total. The summed E-state index contributed by atoms with van der Waals surface area (Å²) in [6, 6.07) is 8.61. The summed E-state index contributed by atoms with van der Waals surface area (Å²) >= 11 is 0. The van der Waals surface area contributed by atoms with Gasteiger partial charge in [0.2, 0.25) is 0 Å². The molecule has 148 valence electrons. The average Bonchev–Trinajstić information content (AvgIpc) is 3.10. The Balaban J connectivity index is 1.60. The number of para-hydroxylation sites is 1. The van der Waals surface area contributed by atoms with Gasteiger partial charge in [0.1, 0.15) is 5.60 Å². The molecule has 1 aromatic rings. The van der Waals surface area contributed by atoms with Gasteiger partial charge in [0.05, 0.1) is 6.04 Å². The van der Waals surface area contributed by atoms with Crippen molar-refractivity contribution in [3.8, 4) is 0 Å². The van der Waals surface area contributed by atoms with Crippen LogP contribution >= 0.6 is 0 Å². The van der Waals surface area contributed by atoms with E-state index in [0.717, 1.165) is 51.3 Å². The fourth-order valence-electron chi connectivity index (χ4n) is 4.02. The van der Waals surface area contributed by atoms with Gasteiger partial charge in [-0.05, 0) is 52.2 Å². The molecule has 2 aliphatic rings. The minimum atomic E-state index is -0.468. The van der Waals surface area contributed by atoms with Crippen molar-refractivity contribution in [3.63, 3.8) is 0 Å². The first-order valence-corrected chi connectivity index (χ1v) is 10.0. The lowest BCUT2D eigenvalue weighted by Gasteiger charge is -2.41. The standard InChI is InChI=1S/C22H33N3O2/c1-17-9-6-7-10-19(17)24-15-13-23(14-16-24)18(2)20-11-8-12-25(20)21(26)27-22(3,4)5/h6-7,9-10,20H,2,8,11-16H2,1,3-5H3/t20-/m0/s1. The van der Waals surface area contributed by atoms with E-state index in [-0.39, 0.29) is 12.1 Å². The molecule has 0 saturated carbocycles. The van der Waals surface area contributed by atoms with Crippen LogP contribution < -0.4 is 4.90 Å². The molecule has 0 spiro atoms. The molecule has 2 saturated heterocycles. The second kappa shape index (κ2) is 7.83. The Bertz CT molecular complexity index is 687. The maximum Gasteiger partial charge on any atom is 0.410 e. The number of ether oxygens (including phenoxy) is 1. The Hall–Kier alpha value is -2.17. The number of piperazine rings is 1. The fraction of sp³-hybridized carbons (Fsp3) is 0.591. The molecule has 2 aliphatic heterocycles. The number of rotatable bonds is 3. The molecular weight excluding hydrogens is 338 g/mol. The predicted octanol–water partition coefficient (Wildman–Crippen LogP) is 4.03. The SMILES string of the molecule is C=C([C@@H]1CCCN1C(=O)OC(C)(C)C)N1CCN(c2ccccc2C)CC1. The van der Waals surface area contributed by atoms with Crippen molar-refractivity contribution in [3.05, 3.63) is 42.1 Å². The van der Waals surface area contributed by atoms with Crippen LogP contribution in [0.15, 0.2) is 36.5 Å². The Labute approximate surface area is 163 Å². The number of carbonyl (C=O) groups excluding carboxylic acids is 1. The van der Waals surface area contributed by atoms with Gasteiger partial charge in [0.15, 0.2) is 0 Å². The highest BCUT2D eigenvalue weighted by Gasteiger charge is 2.36. The third-order valence-electron chi connectivity index (χ3n) is 5.41. The Morgan fingerprint density at radius 2 is 1.78 bits per heavy atom. The van der Waals surface area contributed by atoms with Crippen LogP contribution in [0.5, 0.6) is 0 Å². The number of aryl methyl sites for hydroxylation is 1.